The molecule has 0 heterocycles. The van der Waals surface area contributed by atoms with Crippen molar-refractivity contribution in [2.24, 2.45) is 5.92 Å². The lowest BCUT2D eigenvalue weighted by atomic mass is 10.1. The lowest BCUT2D eigenvalue weighted by molar-refractivity contribution is 0.185. The van der Waals surface area contributed by atoms with Gasteiger partial charge in [0.15, 0.2) is 0 Å². The Kier molecular flexibility index (Phi) is 6.06. The number of hydrogen-bond acceptors (Lipinski definition) is 1. The maximum atomic E-state index is 5.08. The van der Waals surface area contributed by atoms with Gasteiger partial charge in [-0.05, 0) is 19.3 Å². The van der Waals surface area contributed by atoms with Gasteiger partial charge in [0, 0.05) is 6.61 Å². The number of hydrogen-bond donors (Lipinski definition) is 0. The largest absolute Gasteiger partial charge is 0.376 e. The summed E-state index contributed by atoms with van der Waals surface area (Å²) in [6.45, 7) is 9.00. The minimum Gasteiger partial charge on any atom is -0.376 e. The van der Waals surface area contributed by atoms with Gasteiger partial charge in [0.2, 0.25) is 0 Å². The Labute approximate surface area is 58.4 Å². The molecule has 1 unspecified atom stereocenters. The molecule has 0 fully saturated rings. The maximum absolute atomic E-state index is 5.08. The molecule has 0 rings (SSSR count). The van der Waals surface area contributed by atoms with Gasteiger partial charge in [0.1, 0.15) is 0 Å². The van der Waals surface area contributed by atoms with Crippen molar-refractivity contribution >= 4 is 0 Å². The van der Waals surface area contributed by atoms with Crippen molar-refractivity contribution < 1.29 is 4.74 Å². The van der Waals surface area contributed by atoms with Crippen LogP contribution in [0.4, 0.5) is 0 Å². The van der Waals surface area contributed by atoms with Crippen molar-refractivity contribution in [3.05, 3.63) is 6.61 Å². The normalized spacial score (nSPS) is 13.7. The van der Waals surface area contributed by atoms with Crippen LogP contribution in [0.2, 0.25) is 0 Å². The second-order valence-electron chi connectivity index (χ2n) is 2.41. The van der Waals surface area contributed by atoms with E-state index in [0.717, 1.165) is 12.5 Å². The Balaban J connectivity index is 2.88. The van der Waals surface area contributed by atoms with E-state index in [0.29, 0.717) is 0 Å². The fourth-order valence-corrected chi connectivity index (χ4v) is 0.591. The molecule has 0 aliphatic heterocycles. The highest BCUT2D eigenvalue weighted by Crippen LogP contribution is 2.05. The smallest absolute Gasteiger partial charge is 0.0805 e. The molecule has 55 valence electrons. The summed E-state index contributed by atoms with van der Waals surface area (Å²) in [5.41, 5.74) is 0. The first-order valence-electron chi connectivity index (χ1n) is 3.70. The van der Waals surface area contributed by atoms with Crippen LogP contribution >= 0.6 is 0 Å². The summed E-state index contributed by atoms with van der Waals surface area (Å²) in [5, 5.41) is 0. The van der Waals surface area contributed by atoms with Crippen molar-refractivity contribution in [1.29, 1.82) is 0 Å². The summed E-state index contributed by atoms with van der Waals surface area (Å²) >= 11 is 0. The van der Waals surface area contributed by atoms with E-state index in [1.54, 1.807) is 6.61 Å². The lowest BCUT2D eigenvalue weighted by Crippen LogP contribution is -1.98. The van der Waals surface area contributed by atoms with Crippen molar-refractivity contribution in [2.45, 2.75) is 33.6 Å². The molecule has 1 nitrogen and oxygen atoms in total. The first-order valence-corrected chi connectivity index (χ1v) is 3.70. The van der Waals surface area contributed by atoms with Gasteiger partial charge in [-0.1, -0.05) is 20.3 Å². The average molecular weight is 129 g/mol. The van der Waals surface area contributed by atoms with Crippen molar-refractivity contribution in [1.82, 2.24) is 0 Å². The van der Waals surface area contributed by atoms with Crippen molar-refractivity contribution in [3.8, 4) is 0 Å². The van der Waals surface area contributed by atoms with Gasteiger partial charge in [0.25, 0.3) is 0 Å². The molecule has 0 amide bonds. The highest BCUT2D eigenvalue weighted by atomic mass is 16.5. The molecular formula is C8H17O. The zero-order valence-corrected chi connectivity index (χ0v) is 6.68. The van der Waals surface area contributed by atoms with Crippen LogP contribution in [0, 0.1) is 12.5 Å². The Morgan fingerprint density at radius 2 is 2.22 bits per heavy atom. The van der Waals surface area contributed by atoms with E-state index in [-0.39, 0.29) is 0 Å². The SMILES string of the molecule is C[CH]OCCC(C)CC. The van der Waals surface area contributed by atoms with E-state index in [1.165, 1.54) is 12.8 Å². The highest BCUT2D eigenvalue weighted by Gasteiger charge is 1.96. The van der Waals surface area contributed by atoms with E-state index in [2.05, 4.69) is 13.8 Å². The summed E-state index contributed by atoms with van der Waals surface area (Å²) in [5.74, 6) is 0.810. The first kappa shape index (κ1) is 8.96. The van der Waals surface area contributed by atoms with Gasteiger partial charge < -0.3 is 4.74 Å². The van der Waals surface area contributed by atoms with Gasteiger partial charge in [-0.3, -0.25) is 0 Å². The van der Waals surface area contributed by atoms with E-state index < -0.39 is 0 Å². The Morgan fingerprint density at radius 3 is 2.67 bits per heavy atom. The van der Waals surface area contributed by atoms with Crippen LogP contribution in [0.25, 0.3) is 0 Å². The molecular weight excluding hydrogens is 112 g/mol. The van der Waals surface area contributed by atoms with Crippen LogP contribution in [-0.4, -0.2) is 6.61 Å². The lowest BCUT2D eigenvalue weighted by Gasteiger charge is -2.06. The van der Waals surface area contributed by atoms with Crippen LogP contribution in [0.1, 0.15) is 33.6 Å². The van der Waals surface area contributed by atoms with Crippen LogP contribution in [-0.2, 0) is 4.74 Å². The zero-order valence-electron chi connectivity index (χ0n) is 6.68. The minimum atomic E-state index is 0.810. The summed E-state index contributed by atoms with van der Waals surface area (Å²) in [4.78, 5) is 0. The predicted molar refractivity (Wildman–Crippen MR) is 40.0 cm³/mol. The standard InChI is InChI=1S/C8H17O/c1-4-8(3)6-7-9-5-2/h5,8H,4,6-7H2,1-3H3. The molecule has 9 heavy (non-hydrogen) atoms. The molecule has 1 radical (unpaired) electrons. The Morgan fingerprint density at radius 1 is 1.56 bits per heavy atom. The van der Waals surface area contributed by atoms with Gasteiger partial charge in [-0.2, -0.15) is 0 Å². The molecule has 0 bridgehead atoms. The zero-order chi connectivity index (χ0) is 7.11. The average Bonchev–Trinajstić information content (AvgIpc) is 1.89. The van der Waals surface area contributed by atoms with Gasteiger partial charge in [-0.15, -0.1) is 0 Å². The van der Waals surface area contributed by atoms with E-state index in [4.69, 9.17) is 4.74 Å². The maximum Gasteiger partial charge on any atom is 0.0805 e. The molecule has 1 heteroatoms. The second kappa shape index (κ2) is 6.09. The third-order valence-electron chi connectivity index (χ3n) is 1.59. The fraction of sp³-hybridized carbons (Fsp3) is 0.875. The Hall–Kier alpha value is -0.0400. The summed E-state index contributed by atoms with van der Waals surface area (Å²) in [6, 6.07) is 0. The molecule has 0 aliphatic carbocycles. The fourth-order valence-electron chi connectivity index (χ4n) is 0.591. The monoisotopic (exact) mass is 129 g/mol. The summed E-state index contributed by atoms with van der Waals surface area (Å²) in [7, 11) is 0. The topological polar surface area (TPSA) is 9.23 Å². The van der Waals surface area contributed by atoms with Crippen molar-refractivity contribution in [2.75, 3.05) is 6.61 Å². The molecule has 1 atom stereocenters. The Bertz CT molecular complexity index is 52.5. The van der Waals surface area contributed by atoms with Crippen LogP contribution in [0.15, 0.2) is 0 Å². The molecule has 0 aromatic rings. The number of ether oxygens (including phenoxy) is 1. The molecule has 0 saturated carbocycles. The predicted octanol–water partition coefficient (Wildman–Crippen LogP) is 2.62. The van der Waals surface area contributed by atoms with E-state index in [1.807, 2.05) is 6.92 Å². The van der Waals surface area contributed by atoms with E-state index in [9.17, 15) is 0 Å². The summed E-state index contributed by atoms with van der Waals surface area (Å²) in [6.07, 6.45) is 2.44. The first-order chi connectivity index (χ1) is 4.31. The van der Waals surface area contributed by atoms with Gasteiger partial charge in [-0.25, -0.2) is 0 Å². The molecule has 0 aromatic carbocycles. The molecule has 0 aliphatic rings. The van der Waals surface area contributed by atoms with Crippen LogP contribution < -0.4 is 0 Å². The molecule has 0 aromatic heterocycles. The van der Waals surface area contributed by atoms with Crippen LogP contribution in [0.5, 0.6) is 0 Å². The van der Waals surface area contributed by atoms with Crippen molar-refractivity contribution in [3.63, 3.8) is 0 Å². The highest BCUT2D eigenvalue weighted by molar-refractivity contribution is 4.48. The molecule has 0 spiro atoms. The minimum absolute atomic E-state index is 0.810. The third kappa shape index (κ3) is 5.84. The molecule has 0 saturated heterocycles. The van der Waals surface area contributed by atoms with E-state index >= 15 is 0 Å². The third-order valence-corrected chi connectivity index (χ3v) is 1.59. The van der Waals surface area contributed by atoms with Gasteiger partial charge in [0.05, 0.1) is 6.61 Å². The molecule has 0 N–H and O–H groups in total. The van der Waals surface area contributed by atoms with Crippen LogP contribution in [0.3, 0.4) is 0 Å². The summed E-state index contributed by atoms with van der Waals surface area (Å²) < 4.78 is 5.08. The van der Waals surface area contributed by atoms with Gasteiger partial charge >= 0.3 is 0 Å². The quantitative estimate of drug-likeness (QED) is 0.518. The second-order valence-corrected chi connectivity index (χ2v) is 2.41. The number of rotatable bonds is 5.